The van der Waals surface area contributed by atoms with E-state index in [0.717, 1.165) is 24.2 Å². The molecular weight excluding hydrogens is 222 g/mol. The molecule has 0 aromatic carbocycles. The highest BCUT2D eigenvalue weighted by Crippen LogP contribution is 2.39. The second-order valence-corrected chi connectivity index (χ2v) is 6.15. The molecule has 1 aliphatic heterocycles. The smallest absolute Gasteiger partial charge is 0.348 e. The van der Waals surface area contributed by atoms with Crippen molar-refractivity contribution in [2.75, 3.05) is 12.4 Å². The van der Waals surface area contributed by atoms with E-state index in [1.807, 2.05) is 17.8 Å². The Kier molecular flexibility index (Phi) is 4.43. The third kappa shape index (κ3) is 3.28. The van der Waals surface area contributed by atoms with E-state index in [-0.39, 0.29) is 10.3 Å². The molecule has 0 atom stereocenters. The van der Waals surface area contributed by atoms with Crippen LogP contribution in [0.3, 0.4) is 0 Å². The van der Waals surface area contributed by atoms with E-state index in [0.29, 0.717) is 6.61 Å². The average Bonchev–Trinajstić information content (AvgIpc) is 2.17. The van der Waals surface area contributed by atoms with Crippen molar-refractivity contribution in [2.45, 2.75) is 38.4 Å². The lowest BCUT2D eigenvalue weighted by Gasteiger charge is -2.30. The number of esters is 1. The standard InChI is InChI=1S/C12H17NO2S/c1-4-15-11(14)10(8-13)9-5-6-16-12(2,3)7-9/h4-7H2,1-3H3/b10-9+. The topological polar surface area (TPSA) is 50.1 Å². The van der Waals surface area contributed by atoms with E-state index in [4.69, 9.17) is 10.00 Å². The van der Waals surface area contributed by atoms with Crippen LogP contribution in [0.1, 0.15) is 33.6 Å². The minimum atomic E-state index is -0.470. The van der Waals surface area contributed by atoms with Crippen LogP contribution in [0.2, 0.25) is 0 Å². The second-order valence-electron chi connectivity index (χ2n) is 4.35. The summed E-state index contributed by atoms with van der Waals surface area (Å²) in [6, 6.07) is 1.99. The molecule has 0 aromatic rings. The predicted molar refractivity (Wildman–Crippen MR) is 65.0 cm³/mol. The zero-order valence-corrected chi connectivity index (χ0v) is 10.8. The monoisotopic (exact) mass is 239 g/mol. The molecule has 16 heavy (non-hydrogen) atoms. The molecule has 1 aliphatic rings. The fourth-order valence-electron chi connectivity index (χ4n) is 1.79. The van der Waals surface area contributed by atoms with Crippen LogP contribution in [0.4, 0.5) is 0 Å². The van der Waals surface area contributed by atoms with E-state index < -0.39 is 5.97 Å². The first-order chi connectivity index (χ1) is 7.50. The quantitative estimate of drug-likeness (QED) is 0.422. The normalized spacial score (nSPS) is 22.1. The molecule has 0 aromatic heterocycles. The third-order valence-corrected chi connectivity index (χ3v) is 3.81. The number of allylic oxidation sites excluding steroid dienone is 1. The molecule has 1 saturated heterocycles. The summed E-state index contributed by atoms with van der Waals surface area (Å²) >= 11 is 1.88. The van der Waals surface area contributed by atoms with Crippen LogP contribution >= 0.6 is 11.8 Å². The van der Waals surface area contributed by atoms with Crippen LogP contribution in [-0.2, 0) is 9.53 Å². The van der Waals surface area contributed by atoms with Crippen LogP contribution in [0.25, 0.3) is 0 Å². The van der Waals surface area contributed by atoms with Gasteiger partial charge in [-0.05, 0) is 31.1 Å². The van der Waals surface area contributed by atoms with Crippen molar-refractivity contribution in [3.8, 4) is 6.07 Å². The summed E-state index contributed by atoms with van der Waals surface area (Å²) in [6.45, 7) is 6.33. The summed E-state index contributed by atoms with van der Waals surface area (Å²) in [5, 5.41) is 9.03. The lowest BCUT2D eigenvalue weighted by Crippen LogP contribution is -2.23. The summed E-state index contributed by atoms with van der Waals surface area (Å²) < 4.78 is 5.00. The van der Waals surface area contributed by atoms with Gasteiger partial charge in [0.1, 0.15) is 11.6 Å². The van der Waals surface area contributed by atoms with Crippen molar-refractivity contribution in [1.82, 2.24) is 0 Å². The Morgan fingerprint density at radius 2 is 2.31 bits per heavy atom. The zero-order chi connectivity index (χ0) is 12.2. The van der Waals surface area contributed by atoms with Crippen molar-refractivity contribution in [3.05, 3.63) is 11.1 Å². The first kappa shape index (κ1) is 13.1. The van der Waals surface area contributed by atoms with Gasteiger partial charge in [-0.25, -0.2) is 4.79 Å². The van der Waals surface area contributed by atoms with Gasteiger partial charge < -0.3 is 4.74 Å². The number of carbonyl (C=O) groups excluding carboxylic acids is 1. The molecule has 0 bridgehead atoms. The predicted octanol–water partition coefficient (Wildman–Crippen LogP) is 2.68. The minimum absolute atomic E-state index is 0.113. The number of nitrogens with zero attached hydrogens (tertiary/aromatic N) is 1. The van der Waals surface area contributed by atoms with Crippen LogP contribution in [0.15, 0.2) is 11.1 Å². The van der Waals surface area contributed by atoms with Gasteiger partial charge in [-0.2, -0.15) is 17.0 Å². The highest BCUT2D eigenvalue weighted by molar-refractivity contribution is 8.00. The van der Waals surface area contributed by atoms with Gasteiger partial charge in [-0.15, -0.1) is 0 Å². The third-order valence-electron chi connectivity index (χ3n) is 2.48. The molecule has 0 aliphatic carbocycles. The average molecular weight is 239 g/mol. The van der Waals surface area contributed by atoms with Gasteiger partial charge in [0, 0.05) is 4.75 Å². The maximum Gasteiger partial charge on any atom is 0.348 e. The minimum Gasteiger partial charge on any atom is -0.462 e. The van der Waals surface area contributed by atoms with E-state index in [2.05, 4.69) is 13.8 Å². The molecule has 0 unspecified atom stereocenters. The molecule has 0 radical (unpaired) electrons. The van der Waals surface area contributed by atoms with Crippen molar-refractivity contribution in [1.29, 1.82) is 5.26 Å². The summed E-state index contributed by atoms with van der Waals surface area (Å²) in [7, 11) is 0. The molecule has 4 heteroatoms. The Morgan fingerprint density at radius 3 is 2.81 bits per heavy atom. The molecule has 0 spiro atoms. The van der Waals surface area contributed by atoms with E-state index in [1.54, 1.807) is 6.92 Å². The van der Waals surface area contributed by atoms with Gasteiger partial charge in [0.05, 0.1) is 6.61 Å². The summed E-state index contributed by atoms with van der Waals surface area (Å²) in [5.74, 6) is 0.495. The van der Waals surface area contributed by atoms with Crippen LogP contribution in [0, 0.1) is 11.3 Å². The first-order valence-electron chi connectivity index (χ1n) is 5.43. The van der Waals surface area contributed by atoms with Crippen molar-refractivity contribution in [3.63, 3.8) is 0 Å². The summed E-state index contributed by atoms with van der Waals surface area (Å²) in [5.41, 5.74) is 1.17. The number of thioether (sulfide) groups is 1. The number of ether oxygens (including phenoxy) is 1. The maximum absolute atomic E-state index is 11.6. The lowest BCUT2D eigenvalue weighted by molar-refractivity contribution is -0.138. The first-order valence-corrected chi connectivity index (χ1v) is 6.42. The number of nitriles is 1. The summed E-state index contributed by atoms with van der Waals surface area (Å²) in [4.78, 5) is 11.6. The highest BCUT2D eigenvalue weighted by Gasteiger charge is 2.28. The van der Waals surface area contributed by atoms with Gasteiger partial charge >= 0.3 is 5.97 Å². The Balaban J connectivity index is 2.92. The zero-order valence-electron chi connectivity index (χ0n) is 10.0. The Hall–Kier alpha value is -0.950. The molecule has 3 nitrogen and oxygen atoms in total. The van der Waals surface area contributed by atoms with Gasteiger partial charge in [0.25, 0.3) is 0 Å². The van der Waals surface area contributed by atoms with E-state index >= 15 is 0 Å². The van der Waals surface area contributed by atoms with Crippen LogP contribution < -0.4 is 0 Å². The van der Waals surface area contributed by atoms with Gasteiger partial charge in [-0.3, -0.25) is 0 Å². The molecule has 1 heterocycles. The van der Waals surface area contributed by atoms with Gasteiger partial charge in [0.15, 0.2) is 0 Å². The lowest BCUT2D eigenvalue weighted by atomic mass is 9.95. The fraction of sp³-hybridized carbons (Fsp3) is 0.667. The Morgan fingerprint density at radius 1 is 1.62 bits per heavy atom. The number of carbonyl (C=O) groups is 1. The highest BCUT2D eigenvalue weighted by atomic mass is 32.2. The Bertz CT molecular complexity index is 353. The largest absolute Gasteiger partial charge is 0.462 e. The second kappa shape index (κ2) is 5.40. The number of hydrogen-bond donors (Lipinski definition) is 0. The fourth-order valence-corrected chi connectivity index (χ4v) is 2.97. The van der Waals surface area contributed by atoms with Crippen molar-refractivity contribution in [2.24, 2.45) is 0 Å². The van der Waals surface area contributed by atoms with Crippen LogP contribution in [0.5, 0.6) is 0 Å². The molecule has 88 valence electrons. The Labute approximate surface area is 101 Å². The molecule has 0 amide bonds. The van der Waals surface area contributed by atoms with Crippen molar-refractivity contribution >= 4 is 17.7 Å². The SMILES string of the molecule is CCOC(=O)/C(C#N)=C1\CCSC(C)(C)C1. The van der Waals surface area contributed by atoms with Gasteiger partial charge in [-0.1, -0.05) is 13.8 Å². The van der Waals surface area contributed by atoms with Gasteiger partial charge in [0.2, 0.25) is 0 Å². The molecule has 1 rings (SSSR count). The van der Waals surface area contributed by atoms with E-state index in [1.165, 1.54) is 0 Å². The summed E-state index contributed by atoms with van der Waals surface area (Å²) in [6.07, 6.45) is 1.61. The molecule has 0 saturated carbocycles. The molecule has 1 fully saturated rings. The number of hydrogen-bond acceptors (Lipinski definition) is 4. The molecule has 0 N–H and O–H groups in total. The van der Waals surface area contributed by atoms with Crippen molar-refractivity contribution < 1.29 is 9.53 Å². The van der Waals surface area contributed by atoms with E-state index in [9.17, 15) is 4.79 Å². The maximum atomic E-state index is 11.6. The molecular formula is C12H17NO2S. The van der Waals surface area contributed by atoms with Crippen LogP contribution in [-0.4, -0.2) is 23.1 Å². The number of rotatable bonds is 2.